The second kappa shape index (κ2) is 7.77. The molecule has 0 unspecified atom stereocenters. The number of rotatable bonds is 2. The number of carbonyl (C=O) groups excluding carboxylic acids is 1. The van der Waals surface area contributed by atoms with Crippen molar-refractivity contribution < 1.29 is 19.3 Å². The van der Waals surface area contributed by atoms with E-state index in [-0.39, 0.29) is 5.91 Å². The summed E-state index contributed by atoms with van der Waals surface area (Å²) in [6.07, 6.45) is 10.3. The van der Waals surface area contributed by atoms with Gasteiger partial charge < -0.3 is 15.0 Å². The van der Waals surface area contributed by atoms with Crippen LogP contribution in [0.15, 0.2) is 24.3 Å². The topological polar surface area (TPSA) is 60.0 Å². The molecule has 1 aromatic rings. The average Bonchev–Trinajstić information content (AvgIpc) is 3.23. The number of carbonyl (C=O) groups is 1. The normalized spacial score (nSPS) is 44.1. The third-order valence-electron chi connectivity index (χ3n) is 9.73. The smallest absolute Gasteiger partial charge is 0.253 e. The Morgan fingerprint density at radius 1 is 0.879 bits per heavy atom. The van der Waals surface area contributed by atoms with Crippen LogP contribution < -0.4 is 5.32 Å². The van der Waals surface area contributed by atoms with Crippen molar-refractivity contribution in [2.45, 2.75) is 75.3 Å². The van der Waals surface area contributed by atoms with Gasteiger partial charge in [-0.15, -0.1) is 0 Å². The third kappa shape index (κ3) is 3.40. The quantitative estimate of drug-likeness (QED) is 0.681. The van der Waals surface area contributed by atoms with Gasteiger partial charge in [0.2, 0.25) is 11.6 Å². The Bertz CT molecular complexity index is 873. The van der Waals surface area contributed by atoms with Crippen LogP contribution in [0, 0.1) is 23.7 Å². The van der Waals surface area contributed by atoms with Crippen LogP contribution in [0.5, 0.6) is 0 Å². The summed E-state index contributed by atoms with van der Waals surface area (Å²) >= 11 is 0. The maximum absolute atomic E-state index is 12.8. The molecule has 33 heavy (non-hydrogen) atoms. The minimum Gasteiger partial charge on any atom is -0.336 e. The average molecular weight is 453 g/mol. The zero-order valence-electron chi connectivity index (χ0n) is 19.5. The number of ether oxygens (including phenoxy) is 1. The fraction of sp³-hybridized carbons (Fsp3) is 0.741. The second-order valence-electron chi connectivity index (χ2n) is 11.6. The molecule has 2 heterocycles. The molecule has 8 rings (SSSR count). The molecule has 4 bridgehead atoms. The maximum atomic E-state index is 12.8. The Kier molecular flexibility index (Phi) is 4.91. The van der Waals surface area contributed by atoms with Gasteiger partial charge in [-0.3, -0.25) is 4.79 Å². The molecular weight excluding hydrogens is 416 g/mol. The van der Waals surface area contributed by atoms with Gasteiger partial charge in [0.15, 0.2) is 0 Å². The highest BCUT2D eigenvalue weighted by molar-refractivity contribution is 5.94. The van der Waals surface area contributed by atoms with Crippen molar-refractivity contribution in [2.24, 2.45) is 23.7 Å². The van der Waals surface area contributed by atoms with Crippen LogP contribution in [0.1, 0.15) is 79.6 Å². The first-order valence-electron chi connectivity index (χ1n) is 13.3. The molecule has 6 heteroatoms. The molecule has 0 atom stereocenters. The molecule has 2 saturated heterocycles. The van der Waals surface area contributed by atoms with Crippen molar-refractivity contribution in [1.82, 2.24) is 10.2 Å². The molecule has 0 radical (unpaired) electrons. The first-order valence-corrected chi connectivity index (χ1v) is 13.3. The highest BCUT2D eigenvalue weighted by atomic mass is 17.3. The van der Waals surface area contributed by atoms with Gasteiger partial charge in [-0.1, -0.05) is 12.1 Å². The molecule has 1 N–H and O–H groups in total. The van der Waals surface area contributed by atoms with Crippen LogP contribution in [-0.4, -0.2) is 48.6 Å². The summed E-state index contributed by atoms with van der Waals surface area (Å²) < 4.78 is 6.86. The number of hydrogen-bond donors (Lipinski definition) is 1. The lowest BCUT2D eigenvalue weighted by atomic mass is 9.53. The van der Waals surface area contributed by atoms with E-state index in [1.165, 1.54) is 37.7 Å². The number of amides is 1. The zero-order valence-corrected chi connectivity index (χ0v) is 19.5. The summed E-state index contributed by atoms with van der Waals surface area (Å²) in [6.45, 7) is 3.34. The molecule has 7 aliphatic rings. The highest BCUT2D eigenvalue weighted by Gasteiger charge is 2.66. The van der Waals surface area contributed by atoms with Crippen molar-refractivity contribution in [1.29, 1.82) is 0 Å². The van der Waals surface area contributed by atoms with Gasteiger partial charge in [0.05, 0.1) is 0 Å². The lowest BCUT2D eigenvalue weighted by Gasteiger charge is -2.57. The summed E-state index contributed by atoms with van der Waals surface area (Å²) in [4.78, 5) is 27.0. The standard InChI is InChI=1S/C27H36N2O4/c30-25(29-11-9-28-10-12-29)22-3-1-20(2-4-22)21-5-7-26(8-6-21)31-27(33-32-26)23-14-18-13-19(16-23)17-24(27)15-18/h1-4,18-19,21,23-24,28H,5-17H2. The Morgan fingerprint density at radius 2 is 1.52 bits per heavy atom. The molecule has 0 aromatic heterocycles. The zero-order chi connectivity index (χ0) is 22.0. The summed E-state index contributed by atoms with van der Waals surface area (Å²) in [6, 6.07) is 8.34. The van der Waals surface area contributed by atoms with E-state index in [2.05, 4.69) is 17.4 Å². The minimum absolute atomic E-state index is 0.150. The first-order chi connectivity index (χ1) is 16.1. The van der Waals surface area contributed by atoms with E-state index in [0.717, 1.165) is 69.3 Å². The van der Waals surface area contributed by atoms with Gasteiger partial charge in [0.1, 0.15) is 0 Å². The molecule has 2 spiro atoms. The largest absolute Gasteiger partial charge is 0.336 e. The summed E-state index contributed by atoms with van der Waals surface area (Å²) in [5, 5.41) is 3.30. The Balaban J connectivity index is 1.000. The van der Waals surface area contributed by atoms with Crippen LogP contribution in [0.25, 0.3) is 0 Å². The van der Waals surface area contributed by atoms with Crippen LogP contribution >= 0.6 is 0 Å². The van der Waals surface area contributed by atoms with E-state index in [4.69, 9.17) is 14.5 Å². The van der Waals surface area contributed by atoms with E-state index < -0.39 is 11.6 Å². The van der Waals surface area contributed by atoms with Crippen molar-refractivity contribution in [2.75, 3.05) is 26.2 Å². The summed E-state index contributed by atoms with van der Waals surface area (Å²) in [7, 11) is 0. The Morgan fingerprint density at radius 3 is 2.15 bits per heavy atom. The summed E-state index contributed by atoms with van der Waals surface area (Å²) in [5.74, 6) is 2.44. The maximum Gasteiger partial charge on any atom is 0.253 e. The van der Waals surface area contributed by atoms with Gasteiger partial charge in [-0.25, -0.2) is 0 Å². The molecule has 5 saturated carbocycles. The number of benzene rings is 1. The van der Waals surface area contributed by atoms with Crippen molar-refractivity contribution in [3.63, 3.8) is 0 Å². The van der Waals surface area contributed by atoms with Crippen molar-refractivity contribution >= 4 is 5.91 Å². The SMILES string of the molecule is O=C(c1ccc(C2CCC3(CC2)OOC2(O3)C3CC4CC(C3)CC2C4)cc1)N1CCNCC1. The Labute approximate surface area is 196 Å². The number of nitrogens with zero attached hydrogens (tertiary/aromatic N) is 1. The number of hydrogen-bond acceptors (Lipinski definition) is 5. The minimum atomic E-state index is -0.552. The molecule has 2 aliphatic heterocycles. The van der Waals surface area contributed by atoms with Gasteiger partial charge in [0, 0.05) is 56.4 Å². The molecule has 178 valence electrons. The fourth-order valence-electron chi connectivity index (χ4n) is 8.13. The van der Waals surface area contributed by atoms with Crippen LogP contribution in [0.4, 0.5) is 0 Å². The highest BCUT2D eigenvalue weighted by Crippen LogP contribution is 2.64. The van der Waals surface area contributed by atoms with E-state index in [1.54, 1.807) is 0 Å². The van der Waals surface area contributed by atoms with E-state index in [9.17, 15) is 4.79 Å². The number of piperazine rings is 1. The van der Waals surface area contributed by atoms with Crippen LogP contribution in [0.2, 0.25) is 0 Å². The van der Waals surface area contributed by atoms with Gasteiger partial charge in [-0.05, 0) is 80.4 Å². The van der Waals surface area contributed by atoms with Gasteiger partial charge in [0.25, 0.3) is 5.91 Å². The molecular formula is C27H36N2O4. The van der Waals surface area contributed by atoms with E-state index >= 15 is 0 Å². The third-order valence-corrected chi connectivity index (χ3v) is 9.73. The molecule has 6 nitrogen and oxygen atoms in total. The monoisotopic (exact) mass is 452 g/mol. The lowest BCUT2D eigenvalue weighted by molar-refractivity contribution is -0.390. The molecule has 7 fully saturated rings. The van der Waals surface area contributed by atoms with Crippen molar-refractivity contribution in [3.05, 3.63) is 35.4 Å². The predicted molar refractivity (Wildman–Crippen MR) is 122 cm³/mol. The number of nitrogens with one attached hydrogen (secondary N) is 1. The van der Waals surface area contributed by atoms with Gasteiger partial charge >= 0.3 is 0 Å². The first kappa shape index (κ1) is 20.9. The van der Waals surface area contributed by atoms with Crippen molar-refractivity contribution in [3.8, 4) is 0 Å². The van der Waals surface area contributed by atoms with Crippen LogP contribution in [-0.2, 0) is 14.5 Å². The van der Waals surface area contributed by atoms with Crippen LogP contribution in [0.3, 0.4) is 0 Å². The predicted octanol–water partition coefficient (Wildman–Crippen LogP) is 4.22. The van der Waals surface area contributed by atoms with Gasteiger partial charge in [-0.2, -0.15) is 9.78 Å². The van der Waals surface area contributed by atoms with E-state index in [0.29, 0.717) is 17.8 Å². The molecule has 1 amide bonds. The molecule has 5 aliphatic carbocycles. The Hall–Kier alpha value is -1.47. The summed E-state index contributed by atoms with van der Waals surface area (Å²) in [5.41, 5.74) is 2.12. The van der Waals surface area contributed by atoms with E-state index in [1.807, 2.05) is 17.0 Å². The second-order valence-corrected chi connectivity index (χ2v) is 11.6. The fourth-order valence-corrected chi connectivity index (χ4v) is 8.13. The lowest BCUT2D eigenvalue weighted by Crippen LogP contribution is -2.59. The molecule has 1 aromatic carbocycles.